The molecule has 0 fully saturated rings. The van der Waals surface area contributed by atoms with Crippen molar-refractivity contribution >= 4 is 22.1 Å². The number of pyridine rings is 1. The average Bonchev–Trinajstić information content (AvgIpc) is 2.37. The van der Waals surface area contributed by atoms with Gasteiger partial charge in [-0.25, -0.2) is 0 Å². The molecule has 0 aliphatic rings. The fourth-order valence-corrected chi connectivity index (χ4v) is 2.31. The fraction of sp³-hybridized carbons (Fsp3) is 0.400. The molecule has 3 heteroatoms. The van der Waals surface area contributed by atoms with Crippen molar-refractivity contribution in [3.8, 4) is 0 Å². The first-order chi connectivity index (χ1) is 8.63. The van der Waals surface area contributed by atoms with Crippen LogP contribution < -0.4 is 10.6 Å². The highest BCUT2D eigenvalue weighted by molar-refractivity contribution is 6.00. The monoisotopic (exact) mass is 243 g/mol. The van der Waals surface area contributed by atoms with E-state index in [9.17, 15) is 0 Å². The van der Waals surface area contributed by atoms with Gasteiger partial charge in [0.1, 0.15) is 0 Å². The van der Waals surface area contributed by atoms with Crippen molar-refractivity contribution in [3.05, 3.63) is 30.6 Å². The van der Waals surface area contributed by atoms with Gasteiger partial charge in [0.25, 0.3) is 0 Å². The molecule has 1 aromatic heterocycles. The van der Waals surface area contributed by atoms with Gasteiger partial charge in [0.2, 0.25) is 0 Å². The van der Waals surface area contributed by atoms with Crippen molar-refractivity contribution in [1.82, 2.24) is 4.98 Å². The molecule has 0 spiro atoms. The maximum atomic E-state index is 6.01. The van der Waals surface area contributed by atoms with Gasteiger partial charge in [0.05, 0.1) is 0 Å². The summed E-state index contributed by atoms with van der Waals surface area (Å²) in [6.07, 6.45) is 3.67. The second kappa shape index (κ2) is 5.25. The van der Waals surface area contributed by atoms with E-state index in [1.807, 2.05) is 24.5 Å². The van der Waals surface area contributed by atoms with Gasteiger partial charge in [-0.3, -0.25) is 4.98 Å². The Morgan fingerprint density at radius 1 is 1.22 bits per heavy atom. The van der Waals surface area contributed by atoms with E-state index in [0.29, 0.717) is 5.92 Å². The summed E-state index contributed by atoms with van der Waals surface area (Å²) in [5.41, 5.74) is 8.05. The highest BCUT2D eigenvalue weighted by atomic mass is 15.1. The number of fused-ring (bicyclic) bond motifs is 1. The van der Waals surface area contributed by atoms with Gasteiger partial charge < -0.3 is 10.6 Å². The lowest BCUT2D eigenvalue weighted by Gasteiger charge is -2.26. The lowest BCUT2D eigenvalue weighted by molar-refractivity contribution is 0.620. The van der Waals surface area contributed by atoms with Gasteiger partial charge >= 0.3 is 0 Å². The van der Waals surface area contributed by atoms with E-state index in [-0.39, 0.29) is 0 Å². The van der Waals surface area contributed by atoms with Crippen molar-refractivity contribution in [2.75, 3.05) is 23.7 Å². The number of benzene rings is 1. The van der Waals surface area contributed by atoms with Gasteiger partial charge in [-0.1, -0.05) is 13.8 Å². The molecule has 0 amide bonds. The summed E-state index contributed by atoms with van der Waals surface area (Å²) in [7, 11) is 0. The average molecular weight is 243 g/mol. The Morgan fingerprint density at radius 3 is 2.67 bits per heavy atom. The molecule has 0 radical (unpaired) electrons. The number of anilines is 2. The van der Waals surface area contributed by atoms with Crippen molar-refractivity contribution in [1.29, 1.82) is 0 Å². The van der Waals surface area contributed by atoms with Gasteiger partial charge in [-0.05, 0) is 31.0 Å². The van der Waals surface area contributed by atoms with Crippen LogP contribution in [0.1, 0.15) is 20.8 Å². The standard InChI is InChI=1S/C15H21N3/c1-4-18(10-11(2)3)15-6-5-14(16)13-9-17-8-7-12(13)15/h5-9,11H,4,10,16H2,1-3H3. The van der Waals surface area contributed by atoms with Crippen molar-refractivity contribution in [2.24, 2.45) is 5.92 Å². The number of hydrogen-bond acceptors (Lipinski definition) is 3. The molecule has 1 aromatic carbocycles. The molecule has 2 rings (SSSR count). The first-order valence-corrected chi connectivity index (χ1v) is 6.50. The maximum Gasteiger partial charge on any atom is 0.0448 e. The normalized spacial score (nSPS) is 11.1. The molecule has 3 nitrogen and oxygen atoms in total. The largest absolute Gasteiger partial charge is 0.398 e. The lowest BCUT2D eigenvalue weighted by atomic mass is 10.1. The topological polar surface area (TPSA) is 42.1 Å². The molecule has 0 atom stereocenters. The highest BCUT2D eigenvalue weighted by Crippen LogP contribution is 2.30. The number of nitrogens with two attached hydrogens (primary N) is 1. The number of hydrogen-bond donors (Lipinski definition) is 1. The minimum Gasteiger partial charge on any atom is -0.398 e. The van der Waals surface area contributed by atoms with Crippen LogP contribution in [0.4, 0.5) is 11.4 Å². The van der Waals surface area contributed by atoms with Crippen LogP contribution in [0.25, 0.3) is 10.8 Å². The van der Waals surface area contributed by atoms with Gasteiger partial charge in [-0.15, -0.1) is 0 Å². The van der Waals surface area contributed by atoms with E-state index >= 15 is 0 Å². The predicted octanol–water partition coefficient (Wildman–Crippen LogP) is 3.30. The summed E-state index contributed by atoms with van der Waals surface area (Å²) in [4.78, 5) is 6.56. The third-order valence-electron chi connectivity index (χ3n) is 3.14. The first kappa shape index (κ1) is 12.7. The van der Waals surface area contributed by atoms with Crippen LogP contribution in [0.15, 0.2) is 30.6 Å². The van der Waals surface area contributed by atoms with Crippen molar-refractivity contribution in [2.45, 2.75) is 20.8 Å². The molecule has 0 saturated carbocycles. The molecule has 0 bridgehead atoms. The summed E-state index contributed by atoms with van der Waals surface area (Å²) in [5, 5.41) is 2.23. The van der Waals surface area contributed by atoms with Crippen LogP contribution in [0.2, 0.25) is 0 Å². The molecule has 1 heterocycles. The minimum atomic E-state index is 0.638. The summed E-state index contributed by atoms with van der Waals surface area (Å²) >= 11 is 0. The molecule has 0 aliphatic heterocycles. The highest BCUT2D eigenvalue weighted by Gasteiger charge is 2.11. The lowest BCUT2D eigenvalue weighted by Crippen LogP contribution is -2.27. The second-order valence-corrected chi connectivity index (χ2v) is 5.03. The van der Waals surface area contributed by atoms with E-state index in [2.05, 4.69) is 36.7 Å². The van der Waals surface area contributed by atoms with Crippen molar-refractivity contribution in [3.63, 3.8) is 0 Å². The van der Waals surface area contributed by atoms with Gasteiger partial charge in [0, 0.05) is 47.6 Å². The summed E-state index contributed by atoms with van der Waals surface area (Å²) in [6.45, 7) is 8.72. The van der Waals surface area contributed by atoms with Gasteiger partial charge in [-0.2, -0.15) is 0 Å². The van der Waals surface area contributed by atoms with E-state index in [0.717, 1.165) is 24.2 Å². The Bertz CT molecular complexity index is 534. The quantitative estimate of drug-likeness (QED) is 0.838. The van der Waals surface area contributed by atoms with Crippen LogP contribution in [0.5, 0.6) is 0 Å². The third-order valence-corrected chi connectivity index (χ3v) is 3.14. The van der Waals surface area contributed by atoms with E-state index in [1.165, 1.54) is 11.1 Å². The fourth-order valence-electron chi connectivity index (χ4n) is 2.31. The Balaban J connectivity index is 2.53. The smallest absolute Gasteiger partial charge is 0.0448 e. The van der Waals surface area contributed by atoms with Crippen LogP contribution >= 0.6 is 0 Å². The number of nitrogens with zero attached hydrogens (tertiary/aromatic N) is 2. The summed E-state index contributed by atoms with van der Waals surface area (Å²) in [6, 6.07) is 6.13. The molecule has 0 saturated heterocycles. The Hall–Kier alpha value is -1.77. The summed E-state index contributed by atoms with van der Waals surface area (Å²) < 4.78 is 0. The number of rotatable bonds is 4. The van der Waals surface area contributed by atoms with E-state index in [4.69, 9.17) is 5.73 Å². The maximum absolute atomic E-state index is 6.01. The molecule has 18 heavy (non-hydrogen) atoms. The molecular formula is C15H21N3. The number of aromatic nitrogens is 1. The van der Waals surface area contributed by atoms with E-state index in [1.54, 1.807) is 0 Å². The van der Waals surface area contributed by atoms with Gasteiger partial charge in [0.15, 0.2) is 0 Å². The SMILES string of the molecule is CCN(CC(C)C)c1ccc(N)c2cnccc12. The Morgan fingerprint density at radius 2 is 2.00 bits per heavy atom. The van der Waals surface area contributed by atoms with Crippen LogP contribution in [-0.4, -0.2) is 18.1 Å². The second-order valence-electron chi connectivity index (χ2n) is 5.03. The van der Waals surface area contributed by atoms with Crippen molar-refractivity contribution < 1.29 is 0 Å². The molecule has 0 aliphatic carbocycles. The van der Waals surface area contributed by atoms with Crippen LogP contribution in [0.3, 0.4) is 0 Å². The molecule has 0 unspecified atom stereocenters. The Kier molecular flexibility index (Phi) is 3.70. The molecule has 2 N–H and O–H groups in total. The first-order valence-electron chi connectivity index (χ1n) is 6.50. The zero-order valence-electron chi connectivity index (χ0n) is 11.4. The molecule has 2 aromatic rings. The predicted molar refractivity (Wildman–Crippen MR) is 78.9 cm³/mol. The molecular weight excluding hydrogens is 222 g/mol. The zero-order valence-corrected chi connectivity index (χ0v) is 11.4. The van der Waals surface area contributed by atoms with Crippen LogP contribution in [-0.2, 0) is 0 Å². The Labute approximate surface area is 109 Å². The molecule has 96 valence electrons. The number of nitrogen functional groups attached to an aromatic ring is 1. The zero-order chi connectivity index (χ0) is 13.1. The van der Waals surface area contributed by atoms with E-state index < -0.39 is 0 Å². The summed E-state index contributed by atoms with van der Waals surface area (Å²) in [5.74, 6) is 0.638. The third kappa shape index (κ3) is 2.40. The minimum absolute atomic E-state index is 0.638. The van der Waals surface area contributed by atoms with Crippen LogP contribution in [0, 0.1) is 5.92 Å².